The van der Waals surface area contributed by atoms with Gasteiger partial charge in [0.2, 0.25) is 0 Å². The first-order chi connectivity index (χ1) is 13.4. The Morgan fingerprint density at radius 2 is 1.64 bits per heavy atom. The molecule has 28 heavy (non-hydrogen) atoms. The number of pyridine rings is 1. The largest absolute Gasteiger partial charge is 0.271 e. The molecule has 0 saturated carbocycles. The topological polar surface area (TPSA) is 108 Å². The van der Waals surface area contributed by atoms with Crippen LogP contribution in [0.3, 0.4) is 0 Å². The van der Waals surface area contributed by atoms with Crippen molar-refractivity contribution in [1.82, 2.24) is 20.7 Å². The maximum atomic E-state index is 12.8. The van der Waals surface area contributed by atoms with Crippen LogP contribution in [0.15, 0.2) is 48.8 Å². The summed E-state index contributed by atoms with van der Waals surface area (Å²) in [6.45, 7) is 3.76. The molecule has 0 aliphatic carbocycles. The lowest BCUT2D eigenvalue weighted by atomic mass is 10.0. The molecule has 0 bridgehead atoms. The molecular weight excluding hydrogens is 360 g/mol. The lowest BCUT2D eigenvalue weighted by Crippen LogP contribution is -2.54. The molecule has 2 aromatic rings. The maximum Gasteiger partial charge on any atom is 0.271 e. The third kappa shape index (κ3) is 3.75. The average Bonchev–Trinajstić information content (AvgIpc) is 2.95. The van der Waals surface area contributed by atoms with Crippen LogP contribution in [0.25, 0.3) is 0 Å². The Balaban J connectivity index is 1.77. The van der Waals surface area contributed by atoms with Crippen LogP contribution >= 0.6 is 0 Å². The van der Waals surface area contributed by atoms with E-state index in [9.17, 15) is 19.2 Å². The summed E-state index contributed by atoms with van der Waals surface area (Å²) in [7, 11) is 0. The van der Waals surface area contributed by atoms with Gasteiger partial charge in [0.05, 0.1) is 16.7 Å². The Morgan fingerprint density at radius 3 is 2.18 bits per heavy atom. The van der Waals surface area contributed by atoms with Crippen molar-refractivity contribution in [2.45, 2.75) is 26.3 Å². The van der Waals surface area contributed by atoms with E-state index < -0.39 is 29.7 Å². The fourth-order valence-corrected chi connectivity index (χ4v) is 3.04. The van der Waals surface area contributed by atoms with Crippen molar-refractivity contribution in [2.75, 3.05) is 0 Å². The Kier molecular flexibility index (Phi) is 5.49. The molecule has 0 radical (unpaired) electrons. The van der Waals surface area contributed by atoms with Gasteiger partial charge >= 0.3 is 0 Å². The van der Waals surface area contributed by atoms with E-state index in [2.05, 4.69) is 15.8 Å². The van der Waals surface area contributed by atoms with Gasteiger partial charge in [0.1, 0.15) is 6.04 Å². The average molecular weight is 380 g/mol. The molecule has 8 nitrogen and oxygen atoms in total. The van der Waals surface area contributed by atoms with Gasteiger partial charge in [-0.1, -0.05) is 26.0 Å². The molecule has 2 heterocycles. The normalized spacial score (nSPS) is 14.0. The van der Waals surface area contributed by atoms with E-state index >= 15 is 0 Å². The smallest absolute Gasteiger partial charge is 0.271 e. The van der Waals surface area contributed by atoms with Gasteiger partial charge in [0, 0.05) is 12.4 Å². The van der Waals surface area contributed by atoms with E-state index in [0.29, 0.717) is 0 Å². The van der Waals surface area contributed by atoms with Crippen molar-refractivity contribution in [2.24, 2.45) is 5.92 Å². The van der Waals surface area contributed by atoms with Gasteiger partial charge in [0.25, 0.3) is 23.6 Å². The summed E-state index contributed by atoms with van der Waals surface area (Å²) in [5.41, 5.74) is 5.43. The summed E-state index contributed by atoms with van der Waals surface area (Å²) in [4.78, 5) is 55.1. The predicted molar refractivity (Wildman–Crippen MR) is 100 cm³/mol. The van der Waals surface area contributed by atoms with Crippen LogP contribution in [0, 0.1) is 5.92 Å². The highest BCUT2D eigenvalue weighted by Gasteiger charge is 2.42. The molecular formula is C20H20N4O4. The van der Waals surface area contributed by atoms with Crippen LogP contribution in [0.2, 0.25) is 0 Å². The lowest BCUT2D eigenvalue weighted by Gasteiger charge is -2.26. The van der Waals surface area contributed by atoms with E-state index in [-0.39, 0.29) is 29.0 Å². The molecule has 1 aromatic carbocycles. The Hall–Kier alpha value is -3.55. The molecule has 1 aromatic heterocycles. The first-order valence-corrected chi connectivity index (χ1v) is 8.87. The van der Waals surface area contributed by atoms with Crippen LogP contribution in [-0.4, -0.2) is 39.6 Å². The minimum atomic E-state index is -1.04. The van der Waals surface area contributed by atoms with Crippen LogP contribution in [-0.2, 0) is 4.79 Å². The quantitative estimate of drug-likeness (QED) is 0.604. The second kappa shape index (κ2) is 7.99. The first-order valence-electron chi connectivity index (χ1n) is 8.87. The summed E-state index contributed by atoms with van der Waals surface area (Å²) in [6, 6.07) is 8.55. The SMILES string of the molecule is CC(C)C[C@H](C(=O)NNC(=O)c1cccnc1)N1C(=O)c2ccccc2C1=O. The van der Waals surface area contributed by atoms with Crippen molar-refractivity contribution in [1.29, 1.82) is 0 Å². The lowest BCUT2D eigenvalue weighted by molar-refractivity contribution is -0.126. The summed E-state index contributed by atoms with van der Waals surface area (Å²) >= 11 is 0. The Labute approximate surface area is 161 Å². The molecule has 1 aliphatic heterocycles. The summed E-state index contributed by atoms with van der Waals surface area (Å²) in [5.74, 6) is -2.18. The number of fused-ring (bicyclic) bond motifs is 1. The van der Waals surface area contributed by atoms with Crippen molar-refractivity contribution in [3.63, 3.8) is 0 Å². The van der Waals surface area contributed by atoms with E-state index in [4.69, 9.17) is 0 Å². The molecule has 4 amide bonds. The minimum absolute atomic E-state index is 0.0362. The number of hydrazine groups is 1. The van der Waals surface area contributed by atoms with Gasteiger partial charge in [0.15, 0.2) is 0 Å². The number of nitrogens with one attached hydrogen (secondary N) is 2. The summed E-state index contributed by atoms with van der Waals surface area (Å²) in [5, 5.41) is 0. The number of imide groups is 1. The zero-order valence-electron chi connectivity index (χ0n) is 15.5. The molecule has 1 aliphatic rings. The minimum Gasteiger partial charge on any atom is -0.271 e. The second-order valence-electron chi connectivity index (χ2n) is 6.86. The Morgan fingerprint density at radius 1 is 1.00 bits per heavy atom. The van der Waals surface area contributed by atoms with Crippen molar-refractivity contribution < 1.29 is 19.2 Å². The van der Waals surface area contributed by atoms with E-state index in [1.807, 2.05) is 13.8 Å². The predicted octanol–water partition coefficient (Wildman–Crippen LogP) is 1.55. The van der Waals surface area contributed by atoms with E-state index in [1.54, 1.807) is 36.4 Å². The van der Waals surface area contributed by atoms with Gasteiger partial charge in [-0.05, 0) is 36.6 Å². The summed E-state index contributed by atoms with van der Waals surface area (Å²) < 4.78 is 0. The summed E-state index contributed by atoms with van der Waals surface area (Å²) in [6.07, 6.45) is 3.15. The van der Waals surface area contributed by atoms with Crippen molar-refractivity contribution in [3.05, 3.63) is 65.5 Å². The molecule has 2 N–H and O–H groups in total. The molecule has 144 valence electrons. The number of carbonyl (C=O) groups is 4. The number of nitrogens with zero attached hydrogens (tertiary/aromatic N) is 2. The van der Waals surface area contributed by atoms with Gasteiger partial charge in [-0.25, -0.2) is 0 Å². The van der Waals surface area contributed by atoms with Crippen LogP contribution in [0.4, 0.5) is 0 Å². The number of carbonyl (C=O) groups excluding carboxylic acids is 4. The fourth-order valence-electron chi connectivity index (χ4n) is 3.04. The molecule has 0 fully saturated rings. The van der Waals surface area contributed by atoms with Crippen LogP contribution in [0.1, 0.15) is 51.3 Å². The molecule has 0 saturated heterocycles. The second-order valence-corrected chi connectivity index (χ2v) is 6.86. The van der Waals surface area contributed by atoms with Gasteiger partial charge < -0.3 is 0 Å². The highest BCUT2D eigenvalue weighted by Crippen LogP contribution is 2.26. The third-order valence-corrected chi connectivity index (χ3v) is 4.36. The van der Waals surface area contributed by atoms with Crippen molar-refractivity contribution in [3.8, 4) is 0 Å². The van der Waals surface area contributed by atoms with Crippen LogP contribution in [0.5, 0.6) is 0 Å². The van der Waals surface area contributed by atoms with Gasteiger partial charge in [-0.2, -0.15) is 0 Å². The Bertz CT molecular complexity index is 892. The maximum absolute atomic E-state index is 12.8. The van der Waals surface area contributed by atoms with Gasteiger partial charge in [-0.3, -0.25) is 39.9 Å². The van der Waals surface area contributed by atoms with Crippen LogP contribution < -0.4 is 10.9 Å². The fraction of sp³-hybridized carbons (Fsp3) is 0.250. The van der Waals surface area contributed by atoms with Gasteiger partial charge in [-0.15, -0.1) is 0 Å². The number of hydrogen-bond donors (Lipinski definition) is 2. The molecule has 0 unspecified atom stereocenters. The zero-order chi connectivity index (χ0) is 20.3. The molecule has 1 atom stereocenters. The number of rotatable bonds is 5. The first kappa shape index (κ1) is 19.2. The number of amides is 4. The highest BCUT2D eigenvalue weighted by molar-refractivity contribution is 6.22. The van der Waals surface area contributed by atoms with Crippen molar-refractivity contribution >= 4 is 23.6 Å². The number of hydrogen-bond acceptors (Lipinski definition) is 5. The molecule has 0 spiro atoms. The third-order valence-electron chi connectivity index (χ3n) is 4.36. The number of benzene rings is 1. The standard InChI is InChI=1S/C20H20N4O4/c1-12(2)10-16(18(26)23-22-17(25)13-6-5-9-21-11-13)24-19(27)14-7-3-4-8-15(14)20(24)28/h3-9,11-12,16H,10H2,1-2H3,(H,22,25)(H,23,26)/t16-/m1/s1. The van der Waals surface area contributed by atoms with E-state index in [0.717, 1.165) is 4.90 Å². The van der Waals surface area contributed by atoms with E-state index in [1.165, 1.54) is 12.4 Å². The molecule has 8 heteroatoms. The number of aromatic nitrogens is 1. The monoisotopic (exact) mass is 380 g/mol. The molecule has 3 rings (SSSR count). The zero-order valence-corrected chi connectivity index (χ0v) is 15.5. The highest BCUT2D eigenvalue weighted by atomic mass is 16.2.